The van der Waals surface area contributed by atoms with Gasteiger partial charge in [0, 0.05) is 5.88 Å². The van der Waals surface area contributed by atoms with E-state index < -0.39 is 0 Å². The largest absolute Gasteiger partial charge is 0.338 e. The van der Waals surface area contributed by atoms with E-state index in [0.717, 1.165) is 35.6 Å². The Kier molecular flexibility index (Phi) is 8.38. The van der Waals surface area contributed by atoms with E-state index in [0.29, 0.717) is 0 Å². The molecule has 0 amide bonds. The summed E-state index contributed by atoms with van der Waals surface area (Å²) < 4.78 is 0. The number of alkyl halides is 1. The first-order valence-corrected chi connectivity index (χ1v) is 11.3. The van der Waals surface area contributed by atoms with Gasteiger partial charge in [-0.2, -0.15) is 0 Å². The maximum Gasteiger partial charge on any atom is 0.131 e. The minimum absolute atomic E-state index is 0.771. The number of rotatable bonds is 10. The fourth-order valence-corrected chi connectivity index (χ4v) is 3.79. The number of nitrogens with one attached hydrogen (secondary N) is 1. The lowest BCUT2D eigenvalue weighted by molar-refractivity contribution is 0.634. The molecule has 2 aromatic carbocycles. The van der Waals surface area contributed by atoms with E-state index in [1.54, 1.807) is 0 Å². The number of imidazole rings is 1. The van der Waals surface area contributed by atoms with Crippen LogP contribution in [0.3, 0.4) is 0 Å². The second kappa shape index (κ2) is 11.2. The van der Waals surface area contributed by atoms with Crippen LogP contribution >= 0.6 is 27.5 Å². The van der Waals surface area contributed by atoms with Crippen LogP contribution in [0, 0.1) is 0 Å². The molecule has 0 aliphatic heterocycles. The molecule has 0 aliphatic carbocycles. The fourth-order valence-electron chi connectivity index (χ4n) is 3.36. The molecule has 0 radical (unpaired) electrons. The van der Waals surface area contributed by atoms with Gasteiger partial charge in [0.1, 0.15) is 5.82 Å². The summed E-state index contributed by atoms with van der Waals surface area (Å²) in [7, 11) is 0. The van der Waals surface area contributed by atoms with Gasteiger partial charge >= 0.3 is 0 Å². The topological polar surface area (TPSA) is 28.7 Å². The lowest BCUT2D eigenvalue weighted by atomic mass is 10.0. The molecule has 0 fully saturated rings. The molecular formula is C24H26BrClN2. The van der Waals surface area contributed by atoms with Gasteiger partial charge < -0.3 is 4.98 Å². The number of hydrogen-bond acceptors (Lipinski definition) is 1. The van der Waals surface area contributed by atoms with Crippen LogP contribution in [0.5, 0.6) is 0 Å². The molecule has 0 bridgehead atoms. The van der Waals surface area contributed by atoms with Gasteiger partial charge in [0.15, 0.2) is 0 Å². The summed E-state index contributed by atoms with van der Waals surface area (Å²) in [5.41, 5.74) is 5.89. The standard InChI is InChI=1S/C24H26BrClN2/c25-15-14-23-27-22-18-20(13-12-19-9-5-4-6-10-19)17-21(24(22)28-23)11-7-2-1-3-8-16-26/h4-6,9-10,12-15,17-18H,1-3,7-8,11,16H2,(H,27,28). The van der Waals surface area contributed by atoms with Gasteiger partial charge in [-0.05, 0) is 59.1 Å². The van der Waals surface area contributed by atoms with E-state index in [4.69, 9.17) is 16.6 Å². The number of aromatic nitrogens is 2. The highest BCUT2D eigenvalue weighted by molar-refractivity contribution is 9.11. The lowest BCUT2D eigenvalue weighted by Gasteiger charge is -2.05. The Labute approximate surface area is 180 Å². The first kappa shape index (κ1) is 20.9. The highest BCUT2D eigenvalue weighted by Crippen LogP contribution is 2.24. The van der Waals surface area contributed by atoms with Gasteiger partial charge in [-0.15, -0.1) is 11.6 Å². The fraction of sp³-hybridized carbons (Fsp3) is 0.292. The van der Waals surface area contributed by atoms with Crippen molar-refractivity contribution in [1.29, 1.82) is 0 Å². The molecule has 0 unspecified atom stereocenters. The van der Waals surface area contributed by atoms with Crippen molar-refractivity contribution in [1.82, 2.24) is 9.97 Å². The third-order valence-electron chi connectivity index (χ3n) is 4.77. The van der Waals surface area contributed by atoms with Gasteiger partial charge in [-0.25, -0.2) is 4.98 Å². The maximum atomic E-state index is 5.77. The van der Waals surface area contributed by atoms with Crippen molar-refractivity contribution in [2.45, 2.75) is 38.5 Å². The van der Waals surface area contributed by atoms with E-state index in [-0.39, 0.29) is 0 Å². The van der Waals surface area contributed by atoms with Gasteiger partial charge in [-0.3, -0.25) is 0 Å². The molecule has 146 valence electrons. The van der Waals surface area contributed by atoms with Crippen molar-refractivity contribution in [3.63, 3.8) is 0 Å². The van der Waals surface area contributed by atoms with Crippen LogP contribution in [-0.2, 0) is 6.42 Å². The zero-order valence-electron chi connectivity index (χ0n) is 16.0. The highest BCUT2D eigenvalue weighted by Gasteiger charge is 2.08. The number of benzene rings is 2. The molecule has 3 rings (SSSR count). The summed E-state index contributed by atoms with van der Waals surface area (Å²) in [4.78, 5) is 10.0. The summed E-state index contributed by atoms with van der Waals surface area (Å²) in [6.07, 6.45) is 13.3. The van der Waals surface area contributed by atoms with Crippen LogP contribution in [0.2, 0.25) is 0 Å². The molecule has 3 aromatic rings. The third kappa shape index (κ3) is 6.08. The first-order chi connectivity index (χ1) is 13.8. The van der Waals surface area contributed by atoms with Crippen LogP contribution in [0.15, 0.2) is 47.4 Å². The van der Waals surface area contributed by atoms with Crippen molar-refractivity contribution >= 4 is 56.8 Å². The molecule has 1 N–H and O–H groups in total. The van der Waals surface area contributed by atoms with Crippen LogP contribution in [0.1, 0.15) is 54.6 Å². The second-order valence-corrected chi connectivity index (χ2v) is 7.85. The quantitative estimate of drug-likeness (QED) is 0.187. The number of fused-ring (bicyclic) bond motifs is 1. The molecule has 4 heteroatoms. The lowest BCUT2D eigenvalue weighted by Crippen LogP contribution is -1.90. The maximum absolute atomic E-state index is 5.77. The Morgan fingerprint density at radius 3 is 2.43 bits per heavy atom. The second-order valence-electron chi connectivity index (χ2n) is 6.94. The Bertz CT molecular complexity index is 928. The average Bonchev–Trinajstić information content (AvgIpc) is 3.12. The molecule has 0 atom stereocenters. The van der Waals surface area contributed by atoms with Gasteiger partial charge in [0.2, 0.25) is 0 Å². The SMILES string of the molecule is ClCCCCCCCc1cc(C=Cc2ccccc2)cc2[nH]c(C=CBr)nc12. The van der Waals surface area contributed by atoms with Gasteiger partial charge in [0.05, 0.1) is 11.0 Å². The van der Waals surface area contributed by atoms with E-state index >= 15 is 0 Å². The van der Waals surface area contributed by atoms with Crippen LogP contribution < -0.4 is 0 Å². The number of aromatic amines is 1. The number of halogens is 2. The zero-order valence-corrected chi connectivity index (χ0v) is 18.3. The van der Waals surface area contributed by atoms with E-state index in [2.05, 4.69) is 69.5 Å². The van der Waals surface area contributed by atoms with E-state index in [9.17, 15) is 0 Å². The molecule has 1 aromatic heterocycles. The smallest absolute Gasteiger partial charge is 0.131 e. The summed E-state index contributed by atoms with van der Waals surface area (Å²) in [5.74, 6) is 1.65. The predicted octanol–water partition coefficient (Wildman–Crippen LogP) is 7.83. The predicted molar refractivity (Wildman–Crippen MR) is 127 cm³/mol. The third-order valence-corrected chi connectivity index (χ3v) is 5.31. The van der Waals surface area contributed by atoms with Gasteiger partial charge in [0.25, 0.3) is 0 Å². The molecule has 0 saturated carbocycles. The minimum atomic E-state index is 0.771. The molecule has 0 aliphatic rings. The Hall–Kier alpha value is -1.84. The summed E-state index contributed by atoms with van der Waals surface area (Å²) in [6, 6.07) is 14.9. The normalized spacial score (nSPS) is 11.9. The Balaban J connectivity index is 1.80. The van der Waals surface area contributed by atoms with Crippen LogP contribution in [0.25, 0.3) is 29.3 Å². The Morgan fingerprint density at radius 2 is 1.64 bits per heavy atom. The molecule has 0 spiro atoms. The van der Waals surface area contributed by atoms with Crippen LogP contribution in [-0.4, -0.2) is 15.8 Å². The number of unbranched alkanes of at least 4 members (excludes halogenated alkanes) is 4. The van der Waals surface area contributed by atoms with Crippen molar-refractivity contribution < 1.29 is 0 Å². The summed E-state index contributed by atoms with van der Waals surface area (Å²) >= 11 is 9.11. The first-order valence-electron chi connectivity index (χ1n) is 9.88. The zero-order chi connectivity index (χ0) is 19.6. The van der Waals surface area contributed by atoms with E-state index in [1.165, 1.54) is 42.4 Å². The van der Waals surface area contributed by atoms with Crippen molar-refractivity contribution in [3.05, 3.63) is 70.0 Å². The summed E-state index contributed by atoms with van der Waals surface area (Å²) in [6.45, 7) is 0. The number of nitrogens with zero attached hydrogens (tertiary/aromatic N) is 1. The van der Waals surface area contributed by atoms with Crippen molar-refractivity contribution in [2.75, 3.05) is 5.88 Å². The highest BCUT2D eigenvalue weighted by atomic mass is 79.9. The summed E-state index contributed by atoms with van der Waals surface area (Å²) in [5, 5.41) is 0. The molecular weight excluding hydrogens is 432 g/mol. The van der Waals surface area contributed by atoms with Crippen molar-refractivity contribution in [3.8, 4) is 0 Å². The minimum Gasteiger partial charge on any atom is -0.338 e. The molecule has 2 nitrogen and oxygen atoms in total. The monoisotopic (exact) mass is 456 g/mol. The van der Waals surface area contributed by atoms with Gasteiger partial charge in [-0.1, -0.05) is 77.7 Å². The average molecular weight is 458 g/mol. The molecule has 28 heavy (non-hydrogen) atoms. The molecule has 1 heterocycles. The number of aryl methyl sites for hydroxylation is 1. The van der Waals surface area contributed by atoms with E-state index in [1.807, 2.05) is 17.1 Å². The Morgan fingerprint density at radius 1 is 0.893 bits per heavy atom. The molecule has 0 saturated heterocycles. The number of hydrogen-bond donors (Lipinski definition) is 1. The van der Waals surface area contributed by atoms with Crippen molar-refractivity contribution in [2.24, 2.45) is 0 Å². The number of H-pyrrole nitrogens is 1. The van der Waals surface area contributed by atoms with Crippen LogP contribution in [0.4, 0.5) is 0 Å².